The molecule has 3 nitrogen and oxygen atoms in total. The average molecular weight is 249 g/mol. The van der Waals surface area contributed by atoms with Crippen molar-refractivity contribution < 1.29 is 9.53 Å². The number of likely N-dealkylation sites (N-methyl/N-ethyl adjacent to an activating group) is 1. The summed E-state index contributed by atoms with van der Waals surface area (Å²) in [5.41, 5.74) is 0.866. The van der Waals surface area contributed by atoms with Crippen LogP contribution in [0.25, 0.3) is 0 Å². The largest absolute Gasteiger partial charge is 0.366 e. The van der Waals surface area contributed by atoms with Gasteiger partial charge in [0.15, 0.2) is 0 Å². The van der Waals surface area contributed by atoms with Crippen molar-refractivity contribution in [1.82, 2.24) is 4.90 Å². The van der Waals surface area contributed by atoms with E-state index in [4.69, 9.17) is 4.74 Å². The van der Waals surface area contributed by atoms with Crippen LogP contribution in [0.2, 0.25) is 0 Å². The van der Waals surface area contributed by atoms with Gasteiger partial charge in [-0.1, -0.05) is 30.3 Å². The van der Waals surface area contributed by atoms with Crippen LogP contribution in [0.15, 0.2) is 30.3 Å². The highest BCUT2D eigenvalue weighted by Crippen LogP contribution is 2.09. The van der Waals surface area contributed by atoms with E-state index in [9.17, 15) is 4.79 Å². The summed E-state index contributed by atoms with van der Waals surface area (Å²) in [6.45, 7) is 9.32. The second-order valence-electron chi connectivity index (χ2n) is 5.29. The van der Waals surface area contributed by atoms with E-state index in [0.29, 0.717) is 13.1 Å². The van der Waals surface area contributed by atoms with Crippen LogP contribution in [0.5, 0.6) is 0 Å². The molecule has 3 heteroatoms. The maximum Gasteiger partial charge on any atom is 0.248 e. The maximum absolute atomic E-state index is 12.0. The lowest BCUT2D eigenvalue weighted by Gasteiger charge is -2.24. The van der Waals surface area contributed by atoms with Crippen LogP contribution in [0.1, 0.15) is 33.3 Å². The Balaban J connectivity index is 2.53. The van der Waals surface area contributed by atoms with Crippen molar-refractivity contribution in [2.24, 2.45) is 0 Å². The van der Waals surface area contributed by atoms with Gasteiger partial charge in [0.25, 0.3) is 0 Å². The Morgan fingerprint density at radius 1 is 1.22 bits per heavy atom. The predicted octanol–water partition coefficient (Wildman–Crippen LogP) is 2.85. The molecule has 100 valence electrons. The van der Waals surface area contributed by atoms with Gasteiger partial charge in [0, 0.05) is 13.1 Å². The summed E-state index contributed by atoms with van der Waals surface area (Å²) in [4.78, 5) is 13.8. The number of benzene rings is 1. The number of hydrogen-bond acceptors (Lipinski definition) is 2. The molecule has 0 saturated heterocycles. The van der Waals surface area contributed by atoms with Crippen molar-refractivity contribution in [3.05, 3.63) is 35.9 Å². The van der Waals surface area contributed by atoms with Crippen LogP contribution < -0.4 is 0 Å². The molecule has 0 saturated carbocycles. The van der Waals surface area contributed by atoms with Gasteiger partial charge in [0.1, 0.15) is 6.61 Å². The summed E-state index contributed by atoms with van der Waals surface area (Å²) in [5.74, 6) is 0.0382. The van der Waals surface area contributed by atoms with Crippen LogP contribution in [0.4, 0.5) is 0 Å². The second-order valence-corrected chi connectivity index (χ2v) is 5.29. The van der Waals surface area contributed by atoms with Gasteiger partial charge in [0.05, 0.1) is 5.60 Å². The Labute approximate surface area is 110 Å². The standard InChI is InChI=1S/C15H23NO2/c1-5-16(11-13-9-7-6-8-10-13)14(17)12-18-15(2,3)4/h6-10H,5,11-12H2,1-4H3. The van der Waals surface area contributed by atoms with Crippen LogP contribution >= 0.6 is 0 Å². The molecule has 1 amide bonds. The predicted molar refractivity (Wildman–Crippen MR) is 73.2 cm³/mol. The molecule has 1 aromatic rings. The smallest absolute Gasteiger partial charge is 0.248 e. The first-order chi connectivity index (χ1) is 8.42. The Bertz CT molecular complexity index is 368. The van der Waals surface area contributed by atoms with Gasteiger partial charge >= 0.3 is 0 Å². The van der Waals surface area contributed by atoms with Crippen molar-refractivity contribution >= 4 is 5.91 Å². The van der Waals surface area contributed by atoms with Gasteiger partial charge in [-0.15, -0.1) is 0 Å². The van der Waals surface area contributed by atoms with Crippen LogP contribution in [0.3, 0.4) is 0 Å². The quantitative estimate of drug-likeness (QED) is 0.803. The Hall–Kier alpha value is -1.35. The molecule has 0 heterocycles. The molecule has 0 aromatic heterocycles. The van der Waals surface area contributed by atoms with E-state index in [2.05, 4.69) is 0 Å². The third-order valence-electron chi connectivity index (χ3n) is 2.58. The zero-order valence-electron chi connectivity index (χ0n) is 11.8. The molecule has 0 N–H and O–H groups in total. The van der Waals surface area contributed by atoms with Gasteiger partial charge < -0.3 is 9.64 Å². The monoisotopic (exact) mass is 249 g/mol. The first kappa shape index (κ1) is 14.7. The number of nitrogens with zero attached hydrogens (tertiary/aromatic N) is 1. The minimum Gasteiger partial charge on any atom is -0.366 e. The Morgan fingerprint density at radius 2 is 1.83 bits per heavy atom. The molecule has 0 atom stereocenters. The Morgan fingerprint density at radius 3 is 2.33 bits per heavy atom. The van der Waals surface area contributed by atoms with Gasteiger partial charge in [-0.3, -0.25) is 4.79 Å². The SMILES string of the molecule is CCN(Cc1ccccc1)C(=O)COC(C)(C)C. The number of amides is 1. The third kappa shape index (κ3) is 5.32. The topological polar surface area (TPSA) is 29.5 Å². The number of carbonyl (C=O) groups is 1. The summed E-state index contributed by atoms with van der Waals surface area (Å²) in [6.07, 6.45) is 0. The third-order valence-corrected chi connectivity index (χ3v) is 2.58. The lowest BCUT2D eigenvalue weighted by molar-refractivity contribution is -0.141. The Kier molecular flexibility index (Phi) is 5.35. The van der Waals surface area contributed by atoms with E-state index in [1.807, 2.05) is 58.0 Å². The minimum absolute atomic E-state index is 0.0382. The number of hydrogen-bond donors (Lipinski definition) is 0. The first-order valence-corrected chi connectivity index (χ1v) is 6.38. The lowest BCUT2D eigenvalue weighted by Crippen LogP contribution is -2.36. The van der Waals surface area contributed by atoms with Crippen LogP contribution in [-0.4, -0.2) is 29.6 Å². The van der Waals surface area contributed by atoms with Crippen molar-refractivity contribution in [3.8, 4) is 0 Å². The zero-order valence-corrected chi connectivity index (χ0v) is 11.8. The average Bonchev–Trinajstić information content (AvgIpc) is 2.33. The molecule has 0 aliphatic rings. The van der Waals surface area contributed by atoms with Gasteiger partial charge in [0.2, 0.25) is 5.91 Å². The molecule has 0 unspecified atom stereocenters. The fraction of sp³-hybridized carbons (Fsp3) is 0.533. The fourth-order valence-corrected chi connectivity index (χ4v) is 1.55. The number of carbonyl (C=O) groups excluding carboxylic acids is 1. The summed E-state index contributed by atoms with van der Waals surface area (Å²) < 4.78 is 5.52. The molecular weight excluding hydrogens is 226 g/mol. The summed E-state index contributed by atoms with van der Waals surface area (Å²) >= 11 is 0. The number of rotatable bonds is 5. The van der Waals surface area contributed by atoms with Gasteiger partial charge in [-0.2, -0.15) is 0 Å². The first-order valence-electron chi connectivity index (χ1n) is 6.38. The molecule has 1 rings (SSSR count). The van der Waals surface area contributed by atoms with E-state index < -0.39 is 0 Å². The lowest BCUT2D eigenvalue weighted by atomic mass is 10.2. The zero-order chi connectivity index (χ0) is 13.6. The molecule has 1 aromatic carbocycles. The van der Waals surface area contributed by atoms with E-state index in [-0.39, 0.29) is 18.1 Å². The van der Waals surface area contributed by atoms with E-state index >= 15 is 0 Å². The minimum atomic E-state index is -0.276. The van der Waals surface area contributed by atoms with Crippen molar-refractivity contribution in [2.45, 2.75) is 39.8 Å². The molecule has 0 spiro atoms. The number of ether oxygens (including phenoxy) is 1. The molecule has 0 radical (unpaired) electrons. The molecule has 0 aliphatic carbocycles. The van der Waals surface area contributed by atoms with Gasteiger partial charge in [-0.25, -0.2) is 0 Å². The van der Waals surface area contributed by atoms with Crippen molar-refractivity contribution in [2.75, 3.05) is 13.2 Å². The fourth-order valence-electron chi connectivity index (χ4n) is 1.55. The molecular formula is C15H23NO2. The molecule has 0 fully saturated rings. The highest BCUT2D eigenvalue weighted by Gasteiger charge is 2.17. The van der Waals surface area contributed by atoms with E-state index in [0.717, 1.165) is 5.56 Å². The molecule has 0 aliphatic heterocycles. The normalized spacial score (nSPS) is 11.3. The molecule has 0 bridgehead atoms. The van der Waals surface area contributed by atoms with Gasteiger partial charge in [-0.05, 0) is 33.3 Å². The van der Waals surface area contributed by atoms with E-state index in [1.54, 1.807) is 4.90 Å². The maximum atomic E-state index is 12.0. The van der Waals surface area contributed by atoms with Crippen LogP contribution in [-0.2, 0) is 16.1 Å². The second kappa shape index (κ2) is 6.55. The highest BCUT2D eigenvalue weighted by molar-refractivity contribution is 5.77. The van der Waals surface area contributed by atoms with E-state index in [1.165, 1.54) is 0 Å². The summed E-state index contributed by atoms with van der Waals surface area (Å²) in [5, 5.41) is 0. The summed E-state index contributed by atoms with van der Waals surface area (Å²) in [7, 11) is 0. The van der Waals surface area contributed by atoms with Crippen molar-refractivity contribution in [3.63, 3.8) is 0 Å². The van der Waals surface area contributed by atoms with Crippen LogP contribution in [0, 0.1) is 0 Å². The van der Waals surface area contributed by atoms with Crippen molar-refractivity contribution in [1.29, 1.82) is 0 Å². The molecule has 18 heavy (non-hydrogen) atoms. The highest BCUT2D eigenvalue weighted by atomic mass is 16.5. The summed E-state index contributed by atoms with van der Waals surface area (Å²) in [6, 6.07) is 10.0.